The van der Waals surface area contributed by atoms with E-state index in [4.69, 9.17) is 14.2 Å². The zero-order valence-electron chi connectivity index (χ0n) is 20.1. The Balaban J connectivity index is 1.98. The van der Waals surface area contributed by atoms with Crippen LogP contribution < -0.4 is 9.47 Å². The lowest BCUT2D eigenvalue weighted by Gasteiger charge is -2.28. The molecule has 2 aromatic carbocycles. The van der Waals surface area contributed by atoms with E-state index >= 15 is 0 Å². The van der Waals surface area contributed by atoms with Crippen molar-refractivity contribution in [2.45, 2.75) is 78.9 Å². The largest absolute Gasteiger partial charge is 0.493 e. The highest BCUT2D eigenvalue weighted by molar-refractivity contribution is 5.41. The van der Waals surface area contributed by atoms with Crippen molar-refractivity contribution in [3.8, 4) is 11.5 Å². The van der Waals surface area contributed by atoms with Crippen LogP contribution >= 0.6 is 0 Å². The molecule has 30 heavy (non-hydrogen) atoms. The Hall–Kier alpha value is -2.00. The molecule has 0 radical (unpaired) electrons. The zero-order valence-corrected chi connectivity index (χ0v) is 20.1. The maximum atomic E-state index is 6.05. The molecule has 0 heterocycles. The van der Waals surface area contributed by atoms with Gasteiger partial charge in [-0.1, -0.05) is 58.9 Å². The Morgan fingerprint density at radius 2 is 1.13 bits per heavy atom. The summed E-state index contributed by atoms with van der Waals surface area (Å²) in [6.45, 7) is 18.5. The summed E-state index contributed by atoms with van der Waals surface area (Å²) in [5, 5.41) is 0. The fourth-order valence-electron chi connectivity index (χ4n) is 3.24. The number of hydrogen-bond acceptors (Lipinski definition) is 3. The summed E-state index contributed by atoms with van der Waals surface area (Å²) in [4.78, 5) is 0. The molecule has 0 aromatic heterocycles. The third kappa shape index (κ3) is 7.05. The smallest absolute Gasteiger partial charge is 0.119 e. The molecule has 0 saturated heterocycles. The second-order valence-electron chi connectivity index (χ2n) is 9.73. The van der Waals surface area contributed by atoms with Gasteiger partial charge >= 0.3 is 0 Å². The lowest BCUT2D eigenvalue weighted by Crippen LogP contribution is -2.31. The minimum Gasteiger partial charge on any atom is -0.493 e. The van der Waals surface area contributed by atoms with Crippen LogP contribution in [0.25, 0.3) is 0 Å². The van der Waals surface area contributed by atoms with Crippen molar-refractivity contribution in [3.63, 3.8) is 0 Å². The van der Waals surface area contributed by atoms with Crippen LogP contribution in [0.4, 0.5) is 0 Å². The van der Waals surface area contributed by atoms with Gasteiger partial charge in [-0.25, -0.2) is 0 Å². The molecule has 2 aromatic rings. The molecule has 1 unspecified atom stereocenters. The van der Waals surface area contributed by atoms with Gasteiger partial charge in [-0.2, -0.15) is 0 Å². The third-order valence-electron chi connectivity index (χ3n) is 5.59. The van der Waals surface area contributed by atoms with E-state index in [1.165, 1.54) is 11.1 Å². The standard InChI is InChI=1S/C27H40O3/c1-9-26(5,6)30-21(4)19-29-25-16-12-23(13-17-25)27(7,8)22-10-14-24(15-11-22)28-18-20(2)3/h10-17,20-21H,9,18-19H2,1-8H3. The summed E-state index contributed by atoms with van der Waals surface area (Å²) in [7, 11) is 0. The van der Waals surface area contributed by atoms with Crippen molar-refractivity contribution >= 4 is 0 Å². The molecule has 3 nitrogen and oxygen atoms in total. The van der Waals surface area contributed by atoms with Crippen molar-refractivity contribution in [2.75, 3.05) is 13.2 Å². The second kappa shape index (κ2) is 10.3. The van der Waals surface area contributed by atoms with Gasteiger partial charge in [0.1, 0.15) is 18.1 Å². The lowest BCUT2D eigenvalue weighted by atomic mass is 9.78. The van der Waals surface area contributed by atoms with E-state index < -0.39 is 0 Å². The molecule has 0 saturated carbocycles. The third-order valence-corrected chi connectivity index (χ3v) is 5.59. The van der Waals surface area contributed by atoms with Crippen molar-refractivity contribution in [1.29, 1.82) is 0 Å². The van der Waals surface area contributed by atoms with Crippen LogP contribution in [-0.4, -0.2) is 24.9 Å². The van der Waals surface area contributed by atoms with Gasteiger partial charge in [0.15, 0.2) is 0 Å². The van der Waals surface area contributed by atoms with E-state index in [-0.39, 0.29) is 17.1 Å². The summed E-state index contributed by atoms with van der Waals surface area (Å²) >= 11 is 0. The van der Waals surface area contributed by atoms with Gasteiger partial charge in [0.05, 0.1) is 18.3 Å². The van der Waals surface area contributed by atoms with E-state index in [0.29, 0.717) is 12.5 Å². The monoisotopic (exact) mass is 412 g/mol. The van der Waals surface area contributed by atoms with Crippen LogP contribution in [-0.2, 0) is 10.2 Å². The summed E-state index contributed by atoms with van der Waals surface area (Å²) < 4.78 is 17.8. The van der Waals surface area contributed by atoms with Crippen LogP contribution in [0, 0.1) is 5.92 Å². The molecule has 0 amide bonds. The first kappa shape index (κ1) is 24.3. The van der Waals surface area contributed by atoms with Crippen molar-refractivity contribution < 1.29 is 14.2 Å². The molecule has 0 fully saturated rings. The highest BCUT2D eigenvalue weighted by Crippen LogP contribution is 2.33. The van der Waals surface area contributed by atoms with Crippen LogP contribution in [0.3, 0.4) is 0 Å². The predicted octanol–water partition coefficient (Wildman–Crippen LogP) is 7.02. The maximum absolute atomic E-state index is 6.05. The van der Waals surface area contributed by atoms with Crippen molar-refractivity contribution in [1.82, 2.24) is 0 Å². The van der Waals surface area contributed by atoms with Gasteiger partial charge in [-0.05, 0) is 68.5 Å². The molecule has 0 bridgehead atoms. The second-order valence-corrected chi connectivity index (χ2v) is 9.73. The van der Waals surface area contributed by atoms with Gasteiger partial charge in [-0.3, -0.25) is 0 Å². The minimum absolute atomic E-state index is 0.0486. The highest BCUT2D eigenvalue weighted by Gasteiger charge is 2.23. The molecule has 0 spiro atoms. The summed E-state index contributed by atoms with van der Waals surface area (Å²) in [6, 6.07) is 16.9. The zero-order chi connectivity index (χ0) is 22.4. The van der Waals surface area contributed by atoms with Gasteiger partial charge in [0.2, 0.25) is 0 Å². The van der Waals surface area contributed by atoms with Gasteiger partial charge in [-0.15, -0.1) is 0 Å². The molecule has 0 aliphatic rings. The summed E-state index contributed by atoms with van der Waals surface area (Å²) in [5.74, 6) is 2.32. The molecule has 1 atom stereocenters. The Labute approximate surface area is 183 Å². The van der Waals surface area contributed by atoms with E-state index in [2.05, 4.69) is 104 Å². The Morgan fingerprint density at radius 3 is 1.53 bits per heavy atom. The predicted molar refractivity (Wildman–Crippen MR) is 126 cm³/mol. The van der Waals surface area contributed by atoms with Crippen molar-refractivity contribution in [3.05, 3.63) is 59.7 Å². The fourth-order valence-corrected chi connectivity index (χ4v) is 3.24. The molecule has 0 N–H and O–H groups in total. The number of rotatable bonds is 11. The van der Waals surface area contributed by atoms with E-state index in [1.54, 1.807) is 0 Å². The number of benzene rings is 2. The first-order valence-corrected chi connectivity index (χ1v) is 11.2. The molecule has 0 aliphatic heterocycles. The van der Waals surface area contributed by atoms with E-state index in [1.807, 2.05) is 0 Å². The average molecular weight is 413 g/mol. The van der Waals surface area contributed by atoms with Gasteiger partial charge in [0, 0.05) is 5.41 Å². The van der Waals surface area contributed by atoms with Gasteiger partial charge < -0.3 is 14.2 Å². The Bertz CT molecular complexity index is 758. The highest BCUT2D eigenvalue weighted by atomic mass is 16.5. The number of ether oxygens (including phenoxy) is 3. The maximum Gasteiger partial charge on any atom is 0.119 e. The molecule has 2 rings (SSSR count). The number of hydrogen-bond donors (Lipinski definition) is 0. The quantitative estimate of drug-likeness (QED) is 0.397. The fraction of sp³-hybridized carbons (Fsp3) is 0.556. The molecule has 0 aliphatic carbocycles. The van der Waals surface area contributed by atoms with Gasteiger partial charge in [0.25, 0.3) is 0 Å². The molecular formula is C27H40O3. The summed E-state index contributed by atoms with van der Waals surface area (Å²) in [6.07, 6.45) is 1.03. The molecule has 166 valence electrons. The topological polar surface area (TPSA) is 27.7 Å². The minimum atomic E-state index is -0.119. The summed E-state index contributed by atoms with van der Waals surface area (Å²) in [5.41, 5.74) is 2.29. The van der Waals surface area contributed by atoms with Crippen LogP contribution in [0.2, 0.25) is 0 Å². The van der Waals surface area contributed by atoms with E-state index in [0.717, 1.165) is 24.5 Å². The van der Waals surface area contributed by atoms with Crippen LogP contribution in [0.1, 0.15) is 72.9 Å². The molecular weight excluding hydrogens is 372 g/mol. The lowest BCUT2D eigenvalue weighted by molar-refractivity contribution is -0.0796. The van der Waals surface area contributed by atoms with Crippen LogP contribution in [0.5, 0.6) is 11.5 Å². The average Bonchev–Trinajstić information content (AvgIpc) is 2.71. The van der Waals surface area contributed by atoms with Crippen molar-refractivity contribution in [2.24, 2.45) is 5.92 Å². The van der Waals surface area contributed by atoms with Crippen LogP contribution in [0.15, 0.2) is 48.5 Å². The Kier molecular flexibility index (Phi) is 8.37. The first-order chi connectivity index (χ1) is 14.0. The van der Waals surface area contributed by atoms with E-state index in [9.17, 15) is 0 Å². The molecule has 3 heteroatoms. The normalized spacial score (nSPS) is 13.4. The SMILES string of the molecule is CCC(C)(C)OC(C)COc1ccc(C(C)(C)c2ccc(OCC(C)C)cc2)cc1. The first-order valence-electron chi connectivity index (χ1n) is 11.2. The Morgan fingerprint density at radius 1 is 0.700 bits per heavy atom.